The Morgan fingerprint density at radius 2 is 2.18 bits per heavy atom. The number of ether oxygens (including phenoxy) is 2. The normalized spacial score (nSPS) is 23.4. The molecule has 1 aliphatic rings. The van der Waals surface area contributed by atoms with E-state index in [4.69, 9.17) is 9.47 Å². The van der Waals surface area contributed by atoms with Gasteiger partial charge in [-0.3, -0.25) is 9.59 Å². The Morgan fingerprint density at radius 1 is 1.41 bits per heavy atom. The minimum absolute atomic E-state index is 0.0151. The first-order valence-corrected chi connectivity index (χ1v) is 6.24. The Morgan fingerprint density at radius 3 is 2.82 bits per heavy atom. The number of amides is 1. The Kier molecular flexibility index (Phi) is 5.97. The molecular weight excluding hydrogens is 222 g/mol. The molecule has 0 aromatic heterocycles. The van der Waals surface area contributed by atoms with Crippen LogP contribution in [0.4, 0.5) is 0 Å². The zero-order valence-corrected chi connectivity index (χ0v) is 10.5. The fraction of sp³-hybridized carbons (Fsp3) is 0.833. The smallest absolute Gasteiger partial charge is 0.307 e. The molecule has 1 amide bonds. The van der Waals surface area contributed by atoms with E-state index in [0.29, 0.717) is 19.8 Å². The van der Waals surface area contributed by atoms with Gasteiger partial charge in [0.25, 0.3) is 0 Å². The second-order valence-corrected chi connectivity index (χ2v) is 4.06. The molecule has 0 spiro atoms. The van der Waals surface area contributed by atoms with Gasteiger partial charge >= 0.3 is 5.97 Å². The average molecular weight is 243 g/mol. The molecule has 1 fully saturated rings. The Balaban J connectivity index is 2.23. The van der Waals surface area contributed by atoms with Crippen molar-refractivity contribution in [2.75, 3.05) is 19.8 Å². The number of esters is 1. The molecule has 5 nitrogen and oxygen atoms in total. The quantitative estimate of drug-likeness (QED) is 0.703. The van der Waals surface area contributed by atoms with Crippen LogP contribution in [0.15, 0.2) is 0 Å². The molecule has 1 N–H and O–H groups in total. The maximum Gasteiger partial charge on any atom is 0.307 e. The molecule has 0 bridgehead atoms. The van der Waals surface area contributed by atoms with E-state index in [1.54, 1.807) is 6.92 Å². The van der Waals surface area contributed by atoms with E-state index < -0.39 is 0 Å². The van der Waals surface area contributed by atoms with E-state index in [-0.39, 0.29) is 30.3 Å². The topological polar surface area (TPSA) is 64.6 Å². The molecule has 1 heterocycles. The van der Waals surface area contributed by atoms with Crippen LogP contribution < -0.4 is 5.32 Å². The Bertz CT molecular complexity index is 267. The number of hydrogen-bond acceptors (Lipinski definition) is 4. The number of hydrogen-bond donors (Lipinski definition) is 1. The van der Waals surface area contributed by atoms with E-state index in [1.807, 2.05) is 6.92 Å². The lowest BCUT2D eigenvalue weighted by molar-refractivity contribution is -0.143. The summed E-state index contributed by atoms with van der Waals surface area (Å²) in [5.41, 5.74) is 0. The molecule has 0 aromatic rings. The first kappa shape index (κ1) is 14.0. The van der Waals surface area contributed by atoms with Gasteiger partial charge in [-0.2, -0.15) is 0 Å². The van der Waals surface area contributed by atoms with Crippen molar-refractivity contribution >= 4 is 11.9 Å². The van der Waals surface area contributed by atoms with Crippen molar-refractivity contribution in [2.24, 2.45) is 5.92 Å². The molecular formula is C12H21NO4. The van der Waals surface area contributed by atoms with Gasteiger partial charge in [0.05, 0.1) is 25.0 Å². The molecule has 5 heteroatoms. The second-order valence-electron chi connectivity index (χ2n) is 4.06. The number of carbonyl (C=O) groups excluding carboxylic acids is 2. The third-order valence-electron chi connectivity index (χ3n) is 2.88. The third kappa shape index (κ3) is 4.34. The van der Waals surface area contributed by atoms with E-state index in [0.717, 1.165) is 12.8 Å². The minimum Gasteiger partial charge on any atom is -0.466 e. The minimum atomic E-state index is -0.275. The van der Waals surface area contributed by atoms with Crippen LogP contribution in [-0.4, -0.2) is 37.7 Å². The van der Waals surface area contributed by atoms with Gasteiger partial charge in [-0.05, 0) is 19.8 Å². The molecule has 1 aliphatic heterocycles. The van der Waals surface area contributed by atoms with Gasteiger partial charge in [-0.1, -0.05) is 6.92 Å². The first-order valence-electron chi connectivity index (χ1n) is 6.24. The summed E-state index contributed by atoms with van der Waals surface area (Å²) < 4.78 is 10.2. The van der Waals surface area contributed by atoms with Gasteiger partial charge < -0.3 is 14.8 Å². The third-order valence-corrected chi connectivity index (χ3v) is 2.88. The summed E-state index contributed by atoms with van der Waals surface area (Å²) in [6.45, 7) is 5.13. The molecule has 2 atom stereocenters. The highest BCUT2D eigenvalue weighted by Gasteiger charge is 2.32. The zero-order chi connectivity index (χ0) is 12.7. The molecule has 98 valence electrons. The molecule has 1 rings (SSSR count). The van der Waals surface area contributed by atoms with Crippen LogP contribution in [0.5, 0.6) is 0 Å². The van der Waals surface area contributed by atoms with Crippen molar-refractivity contribution in [2.45, 2.75) is 39.2 Å². The van der Waals surface area contributed by atoms with Crippen LogP contribution in [-0.2, 0) is 19.1 Å². The lowest BCUT2D eigenvalue weighted by Crippen LogP contribution is -2.36. The summed E-state index contributed by atoms with van der Waals surface area (Å²) in [5, 5.41) is 2.76. The van der Waals surface area contributed by atoms with Gasteiger partial charge in [0.2, 0.25) is 5.91 Å². The van der Waals surface area contributed by atoms with Crippen molar-refractivity contribution in [3.63, 3.8) is 0 Å². The lowest BCUT2D eigenvalue weighted by atomic mass is 9.99. The number of rotatable bonds is 6. The highest BCUT2D eigenvalue weighted by Crippen LogP contribution is 2.23. The van der Waals surface area contributed by atoms with Crippen LogP contribution in [0.1, 0.15) is 33.1 Å². The molecule has 0 aromatic carbocycles. The summed E-state index contributed by atoms with van der Waals surface area (Å²) in [5.74, 6) is -0.358. The molecule has 2 unspecified atom stereocenters. The molecule has 0 aliphatic carbocycles. The van der Waals surface area contributed by atoms with Crippen molar-refractivity contribution in [3.05, 3.63) is 0 Å². The summed E-state index contributed by atoms with van der Waals surface area (Å²) in [7, 11) is 0. The number of nitrogens with one attached hydrogen (secondary N) is 1. The predicted molar refractivity (Wildman–Crippen MR) is 62.4 cm³/mol. The van der Waals surface area contributed by atoms with E-state index in [9.17, 15) is 9.59 Å². The summed E-state index contributed by atoms with van der Waals surface area (Å²) in [6, 6.07) is 0. The fourth-order valence-electron chi connectivity index (χ4n) is 2.00. The van der Waals surface area contributed by atoms with Gasteiger partial charge in [-0.25, -0.2) is 0 Å². The van der Waals surface area contributed by atoms with Crippen molar-refractivity contribution in [3.8, 4) is 0 Å². The van der Waals surface area contributed by atoms with Gasteiger partial charge in [-0.15, -0.1) is 0 Å². The maximum atomic E-state index is 11.8. The van der Waals surface area contributed by atoms with Crippen LogP contribution in [0.3, 0.4) is 0 Å². The molecule has 0 radical (unpaired) electrons. The predicted octanol–water partition coefficient (Wildman–Crippen LogP) is 0.871. The van der Waals surface area contributed by atoms with Crippen LogP contribution in [0.2, 0.25) is 0 Å². The molecule has 0 saturated carbocycles. The van der Waals surface area contributed by atoms with E-state index in [1.165, 1.54) is 0 Å². The number of carbonyl (C=O) groups is 2. The van der Waals surface area contributed by atoms with Crippen LogP contribution >= 0.6 is 0 Å². The van der Waals surface area contributed by atoms with E-state index >= 15 is 0 Å². The average Bonchev–Trinajstić information content (AvgIpc) is 2.77. The van der Waals surface area contributed by atoms with Crippen molar-refractivity contribution < 1.29 is 19.1 Å². The molecule has 17 heavy (non-hydrogen) atoms. The highest BCUT2D eigenvalue weighted by molar-refractivity contribution is 5.80. The van der Waals surface area contributed by atoms with Crippen LogP contribution in [0.25, 0.3) is 0 Å². The summed E-state index contributed by atoms with van der Waals surface area (Å²) in [4.78, 5) is 22.9. The summed E-state index contributed by atoms with van der Waals surface area (Å²) >= 11 is 0. The molecule has 1 saturated heterocycles. The second kappa shape index (κ2) is 7.27. The standard InChI is InChI=1S/C12H21NO4/c1-3-10-9(6-8-17-10)12(15)13-7-5-11(14)16-4-2/h9-10H,3-8H2,1-2H3,(H,13,15). The van der Waals surface area contributed by atoms with Crippen molar-refractivity contribution in [1.82, 2.24) is 5.32 Å². The zero-order valence-electron chi connectivity index (χ0n) is 10.5. The SMILES string of the molecule is CCOC(=O)CCNC(=O)C1CCOC1CC. The summed E-state index contributed by atoms with van der Waals surface area (Å²) in [6.07, 6.45) is 1.86. The van der Waals surface area contributed by atoms with Gasteiger partial charge in [0, 0.05) is 13.2 Å². The first-order chi connectivity index (χ1) is 8.19. The lowest BCUT2D eigenvalue weighted by Gasteiger charge is -2.16. The van der Waals surface area contributed by atoms with E-state index in [2.05, 4.69) is 5.32 Å². The van der Waals surface area contributed by atoms with Gasteiger partial charge in [0.15, 0.2) is 0 Å². The van der Waals surface area contributed by atoms with Gasteiger partial charge in [0.1, 0.15) is 0 Å². The Hall–Kier alpha value is -1.10. The fourth-order valence-corrected chi connectivity index (χ4v) is 2.00. The maximum absolute atomic E-state index is 11.8. The highest BCUT2D eigenvalue weighted by atomic mass is 16.5. The monoisotopic (exact) mass is 243 g/mol. The van der Waals surface area contributed by atoms with Crippen LogP contribution in [0, 0.1) is 5.92 Å². The Labute approximate surface area is 102 Å². The van der Waals surface area contributed by atoms with Crippen molar-refractivity contribution in [1.29, 1.82) is 0 Å². The largest absolute Gasteiger partial charge is 0.466 e.